The fourth-order valence-corrected chi connectivity index (χ4v) is 6.02. The molecule has 2 aromatic heterocycles. The van der Waals surface area contributed by atoms with E-state index in [0.29, 0.717) is 36.2 Å². The van der Waals surface area contributed by atoms with Crippen LogP contribution in [0.15, 0.2) is 79.0 Å². The third-order valence-corrected chi connectivity index (χ3v) is 8.73. The van der Waals surface area contributed by atoms with Gasteiger partial charge in [0.05, 0.1) is 26.1 Å². The van der Waals surface area contributed by atoms with E-state index >= 15 is 0 Å². The Hall–Kier alpha value is -4.67. The highest BCUT2D eigenvalue weighted by molar-refractivity contribution is 5.66. The first-order valence-corrected chi connectivity index (χ1v) is 16.5. The molecule has 246 valence electrons. The summed E-state index contributed by atoms with van der Waals surface area (Å²) in [4.78, 5) is 14.5. The number of ether oxygens (including phenoxy) is 2. The van der Waals surface area contributed by atoms with Crippen LogP contribution in [0.3, 0.4) is 0 Å². The number of unbranched alkanes of at least 4 members (excludes halogenated alkanes) is 1. The molecule has 1 saturated heterocycles. The molecule has 10 nitrogen and oxygen atoms in total. The quantitative estimate of drug-likeness (QED) is 0.130. The van der Waals surface area contributed by atoms with Gasteiger partial charge in [-0.3, -0.25) is 4.90 Å². The molecule has 10 heteroatoms. The van der Waals surface area contributed by atoms with E-state index in [1.54, 1.807) is 24.9 Å². The molecule has 0 bridgehead atoms. The minimum atomic E-state index is -0.909. The number of hydrogen-bond donors (Lipinski definition) is 2. The highest BCUT2D eigenvalue weighted by Gasteiger charge is 2.23. The molecule has 2 N–H and O–H groups in total. The lowest BCUT2D eigenvalue weighted by Crippen LogP contribution is -2.25. The average Bonchev–Trinajstić information content (AvgIpc) is 3.79. The Bertz CT molecular complexity index is 1670. The second-order valence-electron chi connectivity index (χ2n) is 12.1. The number of imidazole rings is 1. The smallest absolute Gasteiger partial charge is 0.243 e. The molecule has 0 amide bonds. The Labute approximate surface area is 277 Å². The molecule has 5 aromatic rings. The van der Waals surface area contributed by atoms with E-state index in [0.717, 1.165) is 67.2 Å². The summed E-state index contributed by atoms with van der Waals surface area (Å²) in [5.74, 6) is 2.77. The van der Waals surface area contributed by atoms with Gasteiger partial charge in [-0.2, -0.15) is 4.98 Å². The summed E-state index contributed by atoms with van der Waals surface area (Å²) in [6.07, 6.45) is 5.37. The van der Waals surface area contributed by atoms with Gasteiger partial charge in [0, 0.05) is 26.2 Å². The predicted molar refractivity (Wildman–Crippen MR) is 185 cm³/mol. The van der Waals surface area contributed by atoms with Crippen molar-refractivity contribution in [1.82, 2.24) is 24.5 Å². The zero-order valence-corrected chi connectivity index (χ0v) is 27.6. The van der Waals surface area contributed by atoms with Crippen LogP contribution in [0.4, 0.5) is 11.8 Å². The number of nitrogens with one attached hydrogen (secondary N) is 1. The molecule has 3 aromatic carbocycles. The monoisotopic (exact) mass is 635 g/mol. The van der Waals surface area contributed by atoms with Gasteiger partial charge in [-0.05, 0) is 78.9 Å². The van der Waals surface area contributed by atoms with Gasteiger partial charge in [-0.15, -0.1) is 5.10 Å². The van der Waals surface area contributed by atoms with E-state index in [2.05, 4.69) is 58.4 Å². The minimum absolute atomic E-state index is 0.489. The number of fused-ring (bicyclic) bond motifs is 1. The summed E-state index contributed by atoms with van der Waals surface area (Å²) in [6, 6.07) is 24.4. The van der Waals surface area contributed by atoms with Crippen molar-refractivity contribution in [3.63, 3.8) is 0 Å². The molecule has 1 aliphatic rings. The van der Waals surface area contributed by atoms with Gasteiger partial charge >= 0.3 is 0 Å². The van der Waals surface area contributed by atoms with Crippen LogP contribution in [0, 0.1) is 0 Å². The van der Waals surface area contributed by atoms with Gasteiger partial charge < -0.3 is 24.8 Å². The lowest BCUT2D eigenvalue weighted by Gasteiger charge is -2.25. The molecule has 1 fully saturated rings. The zero-order valence-electron chi connectivity index (χ0n) is 27.6. The van der Waals surface area contributed by atoms with Crippen molar-refractivity contribution in [3.05, 3.63) is 107 Å². The summed E-state index contributed by atoms with van der Waals surface area (Å²) in [5.41, 5.74) is 5.40. The van der Waals surface area contributed by atoms with Gasteiger partial charge in [0.1, 0.15) is 17.6 Å². The molecular formula is C37H45N7O3. The predicted octanol–water partition coefficient (Wildman–Crippen LogP) is 6.24. The maximum Gasteiger partial charge on any atom is 0.243 e. The first-order chi connectivity index (χ1) is 23.0. The van der Waals surface area contributed by atoms with Gasteiger partial charge in [-0.25, -0.2) is 9.50 Å². The number of likely N-dealkylation sites (tertiary alicyclic amines) is 1. The van der Waals surface area contributed by atoms with E-state index in [1.807, 2.05) is 36.4 Å². The molecule has 0 spiro atoms. The first kappa shape index (κ1) is 32.3. The van der Waals surface area contributed by atoms with Crippen LogP contribution in [0.5, 0.6) is 11.5 Å². The fraction of sp³-hybridized carbons (Fsp3) is 0.378. The molecule has 1 atom stereocenters. The van der Waals surface area contributed by atoms with Gasteiger partial charge in [0.15, 0.2) is 11.5 Å². The second kappa shape index (κ2) is 15.3. The SMILES string of the molecule is CCCCNc1nc(N(Cc2ccc(OC)cc2)Cc2ccc(OC)cc2)c2ncc(C(O)c3ccc(CN4CCCC4)cc3)n2n1. The lowest BCUT2D eigenvalue weighted by molar-refractivity contribution is 0.213. The Kier molecular flexibility index (Phi) is 10.5. The number of aliphatic hydroxyl groups is 1. The van der Waals surface area contributed by atoms with Crippen LogP contribution in [0.25, 0.3) is 5.65 Å². The Balaban J connectivity index is 1.37. The topological polar surface area (TPSA) is 100 Å². The number of aliphatic hydroxyl groups excluding tert-OH is 1. The summed E-state index contributed by atoms with van der Waals surface area (Å²) in [7, 11) is 3.34. The van der Waals surface area contributed by atoms with Crippen molar-refractivity contribution < 1.29 is 14.6 Å². The summed E-state index contributed by atoms with van der Waals surface area (Å²) in [6.45, 7) is 7.27. The molecule has 1 aliphatic heterocycles. The van der Waals surface area contributed by atoms with Crippen LogP contribution in [0.1, 0.15) is 66.7 Å². The Morgan fingerprint density at radius 3 is 2.02 bits per heavy atom. The van der Waals surface area contributed by atoms with Crippen LogP contribution in [0.2, 0.25) is 0 Å². The van der Waals surface area contributed by atoms with Crippen molar-refractivity contribution in [2.45, 2.75) is 58.3 Å². The van der Waals surface area contributed by atoms with E-state index in [1.165, 1.54) is 18.4 Å². The standard InChI is InChI=1S/C37H45N7O3/c1-4-5-20-38-37-40-36(43(25-28-10-16-31(46-2)17-11-28)26-29-12-18-32(47-3)19-13-29)35-39-23-33(44(35)41-37)34(45)30-14-8-27(9-15-30)24-42-21-6-7-22-42/h8-19,23,34,45H,4-7,20-22,24-26H2,1-3H3,(H,38,41). The van der Waals surface area contributed by atoms with Crippen molar-refractivity contribution in [2.24, 2.45) is 0 Å². The minimum Gasteiger partial charge on any atom is -0.497 e. The molecule has 6 rings (SSSR count). The Morgan fingerprint density at radius 1 is 0.851 bits per heavy atom. The van der Waals surface area contributed by atoms with Gasteiger partial charge in [0.25, 0.3) is 0 Å². The van der Waals surface area contributed by atoms with Crippen molar-refractivity contribution in [3.8, 4) is 11.5 Å². The van der Waals surface area contributed by atoms with E-state index in [-0.39, 0.29) is 0 Å². The van der Waals surface area contributed by atoms with Crippen LogP contribution >= 0.6 is 0 Å². The number of methoxy groups -OCH3 is 2. The second-order valence-corrected chi connectivity index (χ2v) is 12.1. The highest BCUT2D eigenvalue weighted by Crippen LogP contribution is 2.30. The normalized spacial score (nSPS) is 14.0. The molecule has 0 aliphatic carbocycles. The zero-order chi connectivity index (χ0) is 32.6. The summed E-state index contributed by atoms with van der Waals surface area (Å²) >= 11 is 0. The first-order valence-electron chi connectivity index (χ1n) is 16.5. The van der Waals surface area contributed by atoms with E-state index in [4.69, 9.17) is 24.5 Å². The Morgan fingerprint density at radius 2 is 1.45 bits per heavy atom. The highest BCUT2D eigenvalue weighted by atomic mass is 16.5. The number of nitrogens with zero attached hydrogens (tertiary/aromatic N) is 6. The fourth-order valence-electron chi connectivity index (χ4n) is 6.02. The number of hydrogen-bond acceptors (Lipinski definition) is 9. The third kappa shape index (κ3) is 7.84. The number of aromatic nitrogens is 4. The largest absolute Gasteiger partial charge is 0.497 e. The summed E-state index contributed by atoms with van der Waals surface area (Å²) < 4.78 is 12.5. The maximum atomic E-state index is 11.7. The lowest BCUT2D eigenvalue weighted by atomic mass is 10.0. The average molecular weight is 636 g/mol. The van der Waals surface area contributed by atoms with Gasteiger partial charge in [-0.1, -0.05) is 61.9 Å². The van der Waals surface area contributed by atoms with Crippen LogP contribution in [-0.2, 0) is 19.6 Å². The third-order valence-electron chi connectivity index (χ3n) is 8.73. The maximum absolute atomic E-state index is 11.7. The van der Waals surface area contributed by atoms with Crippen molar-refractivity contribution in [2.75, 3.05) is 44.1 Å². The molecule has 47 heavy (non-hydrogen) atoms. The van der Waals surface area contributed by atoms with Gasteiger partial charge in [0.2, 0.25) is 5.95 Å². The van der Waals surface area contributed by atoms with E-state index in [9.17, 15) is 5.11 Å². The number of anilines is 2. The molecule has 0 saturated carbocycles. The molecular weight excluding hydrogens is 590 g/mol. The number of benzene rings is 3. The van der Waals surface area contributed by atoms with E-state index < -0.39 is 6.10 Å². The number of rotatable bonds is 15. The van der Waals surface area contributed by atoms with Crippen molar-refractivity contribution >= 4 is 17.4 Å². The van der Waals surface area contributed by atoms with Crippen LogP contribution < -0.4 is 19.7 Å². The summed E-state index contributed by atoms with van der Waals surface area (Å²) in [5, 5.41) is 19.9. The molecule has 1 unspecified atom stereocenters. The van der Waals surface area contributed by atoms with Crippen molar-refractivity contribution in [1.29, 1.82) is 0 Å². The molecule has 3 heterocycles. The van der Waals surface area contributed by atoms with Crippen LogP contribution in [-0.4, -0.2) is 63.4 Å². The molecule has 0 radical (unpaired) electrons.